The molecule has 1 aromatic carbocycles. The Kier molecular flexibility index (Phi) is 3.76. The molecule has 0 aliphatic rings. The number of carbonyl (C=O) groups excluding carboxylic acids is 1. The number of amides is 1. The number of nitrogens with zero attached hydrogens (tertiary/aromatic N) is 1. The molecule has 0 spiro atoms. The van der Waals surface area contributed by atoms with E-state index in [9.17, 15) is 23.7 Å². The van der Waals surface area contributed by atoms with Crippen molar-refractivity contribution in [3.63, 3.8) is 0 Å². The number of nitro groups is 1. The number of aryl methyl sites for hydroxylation is 1. The maximum atomic E-state index is 13.0. The number of benzene rings is 1. The Morgan fingerprint density at radius 1 is 1.56 bits per heavy atom. The Hall–Kier alpha value is -2.29. The second kappa shape index (κ2) is 4.92. The highest BCUT2D eigenvalue weighted by atomic mass is 19.3. The van der Waals surface area contributed by atoms with Gasteiger partial charge in [-0.3, -0.25) is 20.3 Å². The van der Waals surface area contributed by atoms with Gasteiger partial charge in [-0.1, -0.05) is 0 Å². The molecule has 0 bridgehead atoms. The molecule has 0 unspecified atom stereocenters. The number of nitro benzene ring substituents is 1. The van der Waals surface area contributed by atoms with Crippen LogP contribution in [0, 0.1) is 17.0 Å². The summed E-state index contributed by atoms with van der Waals surface area (Å²) in [5.41, 5.74) is 1.13. The first-order valence-corrected chi connectivity index (χ1v) is 4.61. The van der Waals surface area contributed by atoms with E-state index in [1.165, 1.54) is 12.3 Å². The van der Waals surface area contributed by atoms with Crippen LogP contribution in [0.2, 0.25) is 0 Å². The summed E-state index contributed by atoms with van der Waals surface area (Å²) in [4.78, 5) is 20.5. The maximum absolute atomic E-state index is 13.0. The summed E-state index contributed by atoms with van der Waals surface area (Å²) in [6, 6.07) is 2.99. The largest absolute Gasteiger partial charge is 0.483 e. The molecule has 0 heterocycles. The zero-order valence-electron chi connectivity index (χ0n) is 9.15. The first kappa shape index (κ1) is 13.8. The van der Waals surface area contributed by atoms with Crippen molar-refractivity contribution in [2.24, 2.45) is 5.84 Å². The van der Waals surface area contributed by atoms with Gasteiger partial charge in [-0.25, -0.2) is 5.84 Å². The van der Waals surface area contributed by atoms with Crippen molar-refractivity contribution in [1.82, 2.24) is 5.43 Å². The third-order valence-electron chi connectivity index (χ3n) is 2.01. The number of hydrogen-bond acceptors (Lipinski definition) is 5. The molecule has 1 aromatic rings. The van der Waals surface area contributed by atoms with Crippen LogP contribution < -0.4 is 16.0 Å². The molecule has 98 valence electrons. The van der Waals surface area contributed by atoms with Gasteiger partial charge in [-0.15, -0.1) is 0 Å². The number of carbonyl (C=O) groups is 1. The Morgan fingerprint density at radius 2 is 2.17 bits per heavy atom. The van der Waals surface area contributed by atoms with Crippen LogP contribution in [0.5, 0.6) is 5.75 Å². The number of alkyl halides is 2. The molecule has 1 rings (SSSR count). The van der Waals surface area contributed by atoms with Gasteiger partial charge >= 0.3 is 12.0 Å². The van der Waals surface area contributed by atoms with E-state index in [-0.39, 0.29) is 17.0 Å². The SMILES string of the molecule is Cc1cc(OC(F)(F)C(=O)NN)ccc1[N+](=O)[O-]. The van der Waals surface area contributed by atoms with Crippen LogP contribution in [-0.2, 0) is 4.79 Å². The summed E-state index contributed by atoms with van der Waals surface area (Å²) in [5.74, 6) is 2.35. The minimum atomic E-state index is -4.16. The molecule has 0 saturated heterocycles. The highest BCUT2D eigenvalue weighted by Crippen LogP contribution is 2.27. The van der Waals surface area contributed by atoms with Gasteiger partial charge in [0.1, 0.15) is 5.75 Å². The van der Waals surface area contributed by atoms with E-state index in [1.807, 2.05) is 0 Å². The van der Waals surface area contributed by atoms with E-state index in [1.54, 1.807) is 0 Å². The minimum Gasteiger partial charge on any atom is -0.425 e. The zero-order chi connectivity index (χ0) is 13.9. The number of nitrogens with two attached hydrogens (primary N) is 1. The third kappa shape index (κ3) is 2.88. The number of rotatable bonds is 4. The van der Waals surface area contributed by atoms with E-state index in [0.29, 0.717) is 0 Å². The van der Waals surface area contributed by atoms with Gasteiger partial charge in [-0.2, -0.15) is 8.78 Å². The van der Waals surface area contributed by atoms with Gasteiger partial charge in [0.15, 0.2) is 0 Å². The van der Waals surface area contributed by atoms with Crippen molar-refractivity contribution in [2.45, 2.75) is 13.0 Å². The molecule has 0 radical (unpaired) electrons. The van der Waals surface area contributed by atoms with E-state index in [2.05, 4.69) is 10.6 Å². The van der Waals surface area contributed by atoms with Crippen LogP contribution in [0.1, 0.15) is 5.56 Å². The second-order valence-electron chi connectivity index (χ2n) is 3.30. The molecule has 18 heavy (non-hydrogen) atoms. The van der Waals surface area contributed by atoms with Crippen molar-refractivity contribution in [3.8, 4) is 5.75 Å². The molecule has 7 nitrogen and oxygen atoms in total. The number of hydrogen-bond donors (Lipinski definition) is 2. The van der Waals surface area contributed by atoms with Crippen molar-refractivity contribution < 1.29 is 23.2 Å². The molecule has 1 amide bonds. The number of nitrogens with one attached hydrogen (secondary N) is 1. The molecule has 0 saturated carbocycles. The van der Waals surface area contributed by atoms with Gasteiger partial charge < -0.3 is 4.74 Å². The molecule has 0 aromatic heterocycles. The second-order valence-corrected chi connectivity index (χ2v) is 3.30. The molecule has 0 aliphatic carbocycles. The highest BCUT2D eigenvalue weighted by Gasteiger charge is 2.42. The van der Waals surface area contributed by atoms with E-state index in [4.69, 9.17) is 0 Å². The van der Waals surface area contributed by atoms with Gasteiger partial charge in [-0.05, 0) is 19.1 Å². The van der Waals surface area contributed by atoms with Crippen molar-refractivity contribution in [1.29, 1.82) is 0 Å². The van der Waals surface area contributed by atoms with Crippen molar-refractivity contribution in [2.75, 3.05) is 0 Å². The standard InChI is InChI=1S/C9H9F2N3O4/c1-5-4-6(2-3-7(5)14(16)17)18-9(10,11)8(15)13-12/h2-4H,12H2,1H3,(H,13,15). The smallest absolute Gasteiger partial charge is 0.425 e. The minimum absolute atomic E-state index is 0.126. The lowest BCUT2D eigenvalue weighted by molar-refractivity contribution is -0.385. The van der Waals surface area contributed by atoms with Crippen molar-refractivity contribution >= 4 is 11.6 Å². The monoisotopic (exact) mass is 261 g/mol. The normalized spacial score (nSPS) is 10.9. The summed E-state index contributed by atoms with van der Waals surface area (Å²) in [6.45, 7) is 1.35. The van der Waals surface area contributed by atoms with Crippen LogP contribution >= 0.6 is 0 Å². The predicted molar refractivity (Wildman–Crippen MR) is 55.7 cm³/mol. The molecular weight excluding hydrogens is 252 g/mol. The van der Waals surface area contributed by atoms with Crippen LogP contribution in [0.25, 0.3) is 0 Å². The predicted octanol–water partition coefficient (Wildman–Crippen LogP) is 0.865. The molecule has 9 heteroatoms. The van der Waals surface area contributed by atoms with E-state index < -0.39 is 16.9 Å². The molecule has 0 atom stereocenters. The fourth-order valence-electron chi connectivity index (χ4n) is 1.17. The lowest BCUT2D eigenvalue weighted by atomic mass is 10.2. The lowest BCUT2D eigenvalue weighted by Crippen LogP contribution is -2.47. The summed E-state index contributed by atoms with van der Waals surface area (Å²) >= 11 is 0. The van der Waals surface area contributed by atoms with Gasteiger partial charge in [0.2, 0.25) is 0 Å². The lowest BCUT2D eigenvalue weighted by Gasteiger charge is -2.15. The first-order chi connectivity index (χ1) is 8.27. The molecule has 3 N–H and O–H groups in total. The average molecular weight is 261 g/mol. The fourth-order valence-corrected chi connectivity index (χ4v) is 1.17. The molecule has 0 fully saturated rings. The zero-order valence-corrected chi connectivity index (χ0v) is 9.15. The molecular formula is C9H9F2N3O4. The van der Waals surface area contributed by atoms with Gasteiger partial charge in [0.05, 0.1) is 4.92 Å². The Balaban J connectivity index is 2.97. The first-order valence-electron chi connectivity index (χ1n) is 4.61. The average Bonchev–Trinajstić information content (AvgIpc) is 2.26. The van der Waals surface area contributed by atoms with Crippen LogP contribution in [0.4, 0.5) is 14.5 Å². The molecule has 0 aliphatic heterocycles. The van der Waals surface area contributed by atoms with Crippen LogP contribution in [-0.4, -0.2) is 16.9 Å². The van der Waals surface area contributed by atoms with E-state index >= 15 is 0 Å². The van der Waals surface area contributed by atoms with Gasteiger partial charge in [0, 0.05) is 11.6 Å². The van der Waals surface area contributed by atoms with Crippen molar-refractivity contribution in [3.05, 3.63) is 33.9 Å². The van der Waals surface area contributed by atoms with Crippen LogP contribution in [0.15, 0.2) is 18.2 Å². The summed E-state index contributed by atoms with van der Waals surface area (Å²) in [6.07, 6.45) is -4.16. The van der Waals surface area contributed by atoms with Crippen LogP contribution in [0.3, 0.4) is 0 Å². The number of halogens is 2. The summed E-state index contributed by atoms with van der Waals surface area (Å²) in [7, 11) is 0. The Labute approximate surface area is 99.6 Å². The Bertz CT molecular complexity index is 493. The highest BCUT2D eigenvalue weighted by molar-refractivity contribution is 5.81. The number of hydrazine groups is 1. The maximum Gasteiger partial charge on any atom is 0.483 e. The summed E-state index contributed by atoms with van der Waals surface area (Å²) in [5, 5.41) is 10.5. The number of ether oxygens (including phenoxy) is 1. The Morgan fingerprint density at radius 3 is 2.61 bits per heavy atom. The quantitative estimate of drug-likeness (QED) is 0.362. The van der Waals surface area contributed by atoms with E-state index in [0.717, 1.165) is 18.2 Å². The fraction of sp³-hybridized carbons (Fsp3) is 0.222. The third-order valence-corrected chi connectivity index (χ3v) is 2.01. The van der Waals surface area contributed by atoms with Gasteiger partial charge in [0.25, 0.3) is 5.69 Å². The summed E-state index contributed by atoms with van der Waals surface area (Å²) < 4.78 is 30.2. The topological polar surface area (TPSA) is 107 Å².